The van der Waals surface area contributed by atoms with Gasteiger partial charge in [0, 0.05) is 12.0 Å². The quantitative estimate of drug-likeness (QED) is 0.843. The first-order valence-corrected chi connectivity index (χ1v) is 7.43. The minimum Gasteiger partial charge on any atom is -0.477 e. The lowest BCUT2D eigenvalue weighted by Crippen LogP contribution is -2.48. The van der Waals surface area contributed by atoms with Gasteiger partial charge in [-0.3, -0.25) is 0 Å². The Morgan fingerprint density at radius 3 is 2.52 bits per heavy atom. The van der Waals surface area contributed by atoms with Crippen LogP contribution in [0.15, 0.2) is 17.0 Å². The zero-order valence-electron chi connectivity index (χ0n) is 11.0. The van der Waals surface area contributed by atoms with Crippen molar-refractivity contribution in [2.75, 3.05) is 19.8 Å². The van der Waals surface area contributed by atoms with Gasteiger partial charge in [-0.25, -0.2) is 26.7 Å². The van der Waals surface area contributed by atoms with Crippen molar-refractivity contribution in [3.05, 3.63) is 29.3 Å². The maximum Gasteiger partial charge on any atom is 0.341 e. The third kappa shape index (κ3) is 3.04. The van der Waals surface area contributed by atoms with E-state index < -0.39 is 38.1 Å². The highest BCUT2D eigenvalue weighted by atomic mass is 32.2. The summed E-state index contributed by atoms with van der Waals surface area (Å²) in [5.41, 5.74) is -1.68. The number of nitrogens with one attached hydrogen (secondary N) is 1. The zero-order valence-corrected chi connectivity index (χ0v) is 11.8. The molecule has 1 aliphatic heterocycles. The first-order chi connectivity index (χ1) is 9.66. The van der Waals surface area contributed by atoms with Gasteiger partial charge >= 0.3 is 5.97 Å². The topological polar surface area (TPSA) is 92.7 Å². The van der Waals surface area contributed by atoms with Crippen molar-refractivity contribution in [1.29, 1.82) is 0 Å². The highest BCUT2D eigenvalue weighted by Crippen LogP contribution is 2.27. The Hall–Kier alpha value is -1.58. The summed E-state index contributed by atoms with van der Waals surface area (Å²) in [6.45, 7) is 2.51. The Morgan fingerprint density at radius 1 is 1.43 bits per heavy atom. The smallest absolute Gasteiger partial charge is 0.341 e. The molecule has 9 heteroatoms. The molecule has 0 saturated carbocycles. The van der Waals surface area contributed by atoms with E-state index in [0.29, 0.717) is 25.3 Å². The molecule has 1 heterocycles. The van der Waals surface area contributed by atoms with Crippen LogP contribution in [0.25, 0.3) is 0 Å². The molecule has 0 aromatic heterocycles. The van der Waals surface area contributed by atoms with Crippen LogP contribution in [-0.4, -0.2) is 39.3 Å². The number of rotatable bonds is 5. The molecule has 0 bridgehead atoms. The third-order valence-electron chi connectivity index (χ3n) is 3.15. The van der Waals surface area contributed by atoms with Crippen LogP contribution in [0.3, 0.4) is 0 Å². The normalized spacial score (nSPS) is 17.3. The van der Waals surface area contributed by atoms with E-state index >= 15 is 0 Å². The van der Waals surface area contributed by atoms with Crippen molar-refractivity contribution in [2.45, 2.75) is 11.8 Å². The van der Waals surface area contributed by atoms with E-state index in [0.717, 1.165) is 0 Å². The highest BCUT2D eigenvalue weighted by Gasteiger charge is 2.35. The van der Waals surface area contributed by atoms with Crippen LogP contribution in [0.5, 0.6) is 0 Å². The molecule has 0 spiro atoms. The number of aromatic carboxylic acids is 1. The molecule has 0 aliphatic carbocycles. The van der Waals surface area contributed by atoms with Gasteiger partial charge in [0.15, 0.2) is 5.82 Å². The number of hydrogen-bond donors (Lipinski definition) is 2. The summed E-state index contributed by atoms with van der Waals surface area (Å²) in [4.78, 5) is 9.88. The predicted molar refractivity (Wildman–Crippen MR) is 67.4 cm³/mol. The largest absolute Gasteiger partial charge is 0.477 e. The minimum absolute atomic E-state index is 0.00849. The molecule has 0 unspecified atom stereocenters. The van der Waals surface area contributed by atoms with Gasteiger partial charge in [0.25, 0.3) is 0 Å². The molecule has 1 fully saturated rings. The Labute approximate surface area is 119 Å². The fourth-order valence-corrected chi connectivity index (χ4v) is 3.12. The summed E-state index contributed by atoms with van der Waals surface area (Å²) in [6.07, 6.45) is 0. The van der Waals surface area contributed by atoms with Crippen molar-refractivity contribution in [3.8, 4) is 0 Å². The summed E-state index contributed by atoms with van der Waals surface area (Å²) < 4.78 is 58.4. The molecule has 1 aliphatic rings. The van der Waals surface area contributed by atoms with Crippen LogP contribution in [0.1, 0.15) is 17.3 Å². The van der Waals surface area contributed by atoms with Crippen molar-refractivity contribution in [1.82, 2.24) is 4.72 Å². The van der Waals surface area contributed by atoms with Gasteiger partial charge in [-0.05, 0) is 12.1 Å². The summed E-state index contributed by atoms with van der Waals surface area (Å²) in [5.74, 6) is -4.83. The molecule has 2 N–H and O–H groups in total. The number of ether oxygens (including phenoxy) is 1. The van der Waals surface area contributed by atoms with Gasteiger partial charge in [-0.1, -0.05) is 6.92 Å². The second-order valence-corrected chi connectivity index (χ2v) is 6.90. The summed E-state index contributed by atoms with van der Waals surface area (Å²) >= 11 is 0. The number of carboxylic acids is 1. The summed E-state index contributed by atoms with van der Waals surface area (Å²) in [5, 5.41) is 8.73. The van der Waals surface area contributed by atoms with E-state index in [4.69, 9.17) is 9.84 Å². The zero-order chi connectivity index (χ0) is 15.8. The summed E-state index contributed by atoms with van der Waals surface area (Å²) in [6, 6.07) is 1.30. The molecule has 1 aromatic carbocycles. The van der Waals surface area contributed by atoms with Crippen molar-refractivity contribution in [3.63, 3.8) is 0 Å². The molecule has 0 atom stereocenters. The van der Waals surface area contributed by atoms with Crippen LogP contribution in [0.4, 0.5) is 8.78 Å². The van der Waals surface area contributed by atoms with Crippen LogP contribution >= 0.6 is 0 Å². The number of halogens is 2. The second kappa shape index (κ2) is 5.32. The van der Waals surface area contributed by atoms with Gasteiger partial charge in [0.05, 0.1) is 13.2 Å². The lowest BCUT2D eigenvalue weighted by molar-refractivity contribution is -0.0965. The average Bonchev–Trinajstić information content (AvgIpc) is 2.33. The second-order valence-electron chi connectivity index (χ2n) is 5.17. The molecular weight excluding hydrogens is 308 g/mol. The van der Waals surface area contributed by atoms with Crippen molar-refractivity contribution >= 4 is 16.0 Å². The Balaban J connectivity index is 2.32. The van der Waals surface area contributed by atoms with Gasteiger partial charge < -0.3 is 9.84 Å². The lowest BCUT2D eigenvalue weighted by Gasteiger charge is -2.37. The van der Waals surface area contributed by atoms with E-state index in [1.54, 1.807) is 6.92 Å². The first-order valence-electron chi connectivity index (χ1n) is 5.95. The fraction of sp³-hybridized carbons (Fsp3) is 0.417. The van der Waals surface area contributed by atoms with Gasteiger partial charge in [0.2, 0.25) is 10.0 Å². The van der Waals surface area contributed by atoms with Gasteiger partial charge in [-0.15, -0.1) is 0 Å². The molecular formula is C12H13F2NO5S. The molecule has 2 rings (SSSR count). The average molecular weight is 321 g/mol. The number of sulfonamides is 1. The lowest BCUT2D eigenvalue weighted by atomic mass is 9.89. The van der Waals surface area contributed by atoms with Crippen LogP contribution in [-0.2, 0) is 14.8 Å². The van der Waals surface area contributed by atoms with E-state index in [2.05, 4.69) is 4.72 Å². The predicted octanol–water partition coefficient (Wildman–Crippen LogP) is 0.978. The van der Waals surface area contributed by atoms with Gasteiger partial charge in [0.1, 0.15) is 16.3 Å². The van der Waals surface area contributed by atoms with Crippen LogP contribution in [0, 0.1) is 17.0 Å². The number of carbonyl (C=O) groups is 1. The number of benzene rings is 1. The number of carboxylic acid groups (broad SMARTS) is 1. The molecule has 0 amide bonds. The van der Waals surface area contributed by atoms with Crippen LogP contribution < -0.4 is 4.72 Å². The standard InChI is InChI=1S/C12H13F2NO5S/c1-12(5-20-6-12)4-15-21(18,19)8-3-2-7(13)9(10(8)14)11(16)17/h2-3,15H,4-6H2,1H3,(H,16,17). The van der Waals surface area contributed by atoms with E-state index in [1.165, 1.54) is 0 Å². The molecule has 116 valence electrons. The van der Waals surface area contributed by atoms with E-state index in [9.17, 15) is 22.0 Å². The number of hydrogen-bond acceptors (Lipinski definition) is 4. The Morgan fingerprint density at radius 2 is 2.05 bits per heavy atom. The molecule has 1 aromatic rings. The molecule has 1 saturated heterocycles. The Kier molecular flexibility index (Phi) is 4.00. The molecule has 21 heavy (non-hydrogen) atoms. The molecule has 6 nitrogen and oxygen atoms in total. The Bertz CT molecular complexity index is 685. The highest BCUT2D eigenvalue weighted by molar-refractivity contribution is 7.89. The van der Waals surface area contributed by atoms with Crippen molar-refractivity contribution < 1.29 is 31.8 Å². The minimum atomic E-state index is -4.28. The fourth-order valence-electron chi connectivity index (χ4n) is 1.84. The third-order valence-corrected chi connectivity index (χ3v) is 4.57. The van der Waals surface area contributed by atoms with E-state index in [1.807, 2.05) is 0 Å². The van der Waals surface area contributed by atoms with Crippen molar-refractivity contribution in [2.24, 2.45) is 5.41 Å². The SMILES string of the molecule is CC1(CNS(=O)(=O)c2ccc(F)c(C(=O)O)c2F)COC1. The monoisotopic (exact) mass is 321 g/mol. The molecule has 0 radical (unpaired) electrons. The van der Waals surface area contributed by atoms with Crippen LogP contribution in [0.2, 0.25) is 0 Å². The van der Waals surface area contributed by atoms with Gasteiger partial charge in [-0.2, -0.15) is 0 Å². The maximum absolute atomic E-state index is 13.9. The first kappa shape index (κ1) is 15.8. The summed E-state index contributed by atoms with van der Waals surface area (Å²) in [7, 11) is -4.28. The van der Waals surface area contributed by atoms with E-state index in [-0.39, 0.29) is 12.0 Å². The maximum atomic E-state index is 13.9.